The third-order valence-corrected chi connectivity index (χ3v) is 7.17. The summed E-state index contributed by atoms with van der Waals surface area (Å²) in [7, 11) is 3.25. The van der Waals surface area contributed by atoms with Crippen LogP contribution in [0.1, 0.15) is 60.6 Å². The number of anilines is 1. The van der Waals surface area contributed by atoms with Crippen molar-refractivity contribution in [2.75, 3.05) is 32.1 Å². The number of nitrogens with one attached hydrogen (secondary N) is 2. The second kappa shape index (κ2) is 12.4. The molecule has 1 saturated heterocycles. The summed E-state index contributed by atoms with van der Waals surface area (Å²) in [6.07, 6.45) is 0.646. The summed E-state index contributed by atoms with van der Waals surface area (Å²) in [5.74, 6) is -2.87. The predicted molar refractivity (Wildman–Crippen MR) is 152 cm³/mol. The zero-order valence-electron chi connectivity index (χ0n) is 23.5. The number of esters is 1. The van der Waals surface area contributed by atoms with Gasteiger partial charge >= 0.3 is 5.97 Å². The van der Waals surface area contributed by atoms with Crippen LogP contribution in [0.15, 0.2) is 48.5 Å². The Kier molecular flexibility index (Phi) is 8.92. The maximum atomic E-state index is 15.0. The maximum absolute atomic E-state index is 15.0. The van der Waals surface area contributed by atoms with Gasteiger partial charge in [-0.25, -0.2) is 9.18 Å². The number of ether oxygens (including phenoxy) is 1. The van der Waals surface area contributed by atoms with E-state index in [0.717, 1.165) is 6.42 Å². The molecule has 0 saturated carbocycles. The summed E-state index contributed by atoms with van der Waals surface area (Å²) >= 11 is 0. The second-order valence-corrected chi connectivity index (χ2v) is 10.4. The number of carbonyl (C=O) groups is 3. The van der Waals surface area contributed by atoms with Crippen LogP contribution in [-0.4, -0.2) is 67.2 Å². The van der Waals surface area contributed by atoms with Gasteiger partial charge in [-0.3, -0.25) is 9.59 Å². The highest BCUT2D eigenvalue weighted by molar-refractivity contribution is 6.11. The van der Waals surface area contributed by atoms with Crippen LogP contribution in [0.2, 0.25) is 0 Å². The normalized spacial score (nSPS) is 16.9. The molecule has 0 aromatic heterocycles. The number of phenols is 2. The topological polar surface area (TPSA) is 128 Å². The average Bonchev–Trinajstić information content (AvgIpc) is 3.15. The third kappa shape index (κ3) is 6.49. The molecule has 1 heterocycles. The minimum atomic E-state index is -0.837. The summed E-state index contributed by atoms with van der Waals surface area (Å²) in [5, 5.41) is 26.4. The SMILES string of the molecule is Cc1cc(C(=O)N[C@@H]2CNCCC[C@H]2OC(=O)c2ccc(C(=O)c3c(O)ccc(N(C)C)c3F)cc2)cc(C)c1O. The first-order valence-corrected chi connectivity index (χ1v) is 13.3. The van der Waals surface area contributed by atoms with Crippen LogP contribution in [0.3, 0.4) is 0 Å². The zero-order valence-corrected chi connectivity index (χ0v) is 23.5. The smallest absolute Gasteiger partial charge is 0.338 e. The number of hydrogen-bond donors (Lipinski definition) is 4. The van der Waals surface area contributed by atoms with E-state index in [2.05, 4.69) is 10.6 Å². The van der Waals surface area contributed by atoms with E-state index in [9.17, 15) is 29.0 Å². The van der Waals surface area contributed by atoms with Gasteiger partial charge in [-0.1, -0.05) is 12.1 Å². The van der Waals surface area contributed by atoms with Crippen molar-refractivity contribution in [2.45, 2.75) is 38.8 Å². The monoisotopic (exact) mass is 563 g/mol. The number of benzene rings is 3. The van der Waals surface area contributed by atoms with Crippen molar-refractivity contribution >= 4 is 23.3 Å². The van der Waals surface area contributed by atoms with Gasteiger partial charge in [0.05, 0.1) is 17.3 Å². The Balaban J connectivity index is 1.48. The minimum absolute atomic E-state index is 0.0925. The fourth-order valence-electron chi connectivity index (χ4n) is 4.87. The van der Waals surface area contributed by atoms with Crippen molar-refractivity contribution in [2.24, 2.45) is 0 Å². The van der Waals surface area contributed by atoms with E-state index in [1.54, 1.807) is 40.1 Å². The van der Waals surface area contributed by atoms with Crippen molar-refractivity contribution in [3.8, 4) is 11.5 Å². The maximum Gasteiger partial charge on any atom is 0.338 e. The van der Waals surface area contributed by atoms with Crippen LogP contribution in [0.25, 0.3) is 0 Å². The van der Waals surface area contributed by atoms with E-state index in [-0.39, 0.29) is 28.5 Å². The highest BCUT2D eigenvalue weighted by Crippen LogP contribution is 2.30. The van der Waals surface area contributed by atoms with E-state index >= 15 is 0 Å². The van der Waals surface area contributed by atoms with Gasteiger partial charge in [0, 0.05) is 31.8 Å². The van der Waals surface area contributed by atoms with Crippen LogP contribution in [0.4, 0.5) is 10.1 Å². The first kappa shape index (κ1) is 29.5. The van der Waals surface area contributed by atoms with Crippen LogP contribution < -0.4 is 15.5 Å². The van der Waals surface area contributed by atoms with Crippen molar-refractivity contribution in [3.63, 3.8) is 0 Å². The lowest BCUT2D eigenvalue weighted by Gasteiger charge is -2.26. The van der Waals surface area contributed by atoms with Crippen molar-refractivity contribution < 1.29 is 33.7 Å². The highest BCUT2D eigenvalue weighted by Gasteiger charge is 2.30. The summed E-state index contributed by atoms with van der Waals surface area (Å²) in [5.41, 5.74) is 1.54. The van der Waals surface area contributed by atoms with Gasteiger partial charge in [-0.2, -0.15) is 0 Å². The number of amides is 1. The van der Waals surface area contributed by atoms with E-state index in [0.29, 0.717) is 36.2 Å². The number of aryl methyl sites for hydroxylation is 2. The van der Waals surface area contributed by atoms with Gasteiger partial charge in [-0.05, 0) is 80.8 Å². The molecule has 216 valence electrons. The Hall–Kier alpha value is -4.44. The lowest BCUT2D eigenvalue weighted by molar-refractivity contribution is 0.0192. The molecule has 1 aliphatic rings. The first-order chi connectivity index (χ1) is 19.5. The quantitative estimate of drug-likeness (QED) is 0.252. The number of aromatic hydroxyl groups is 2. The Morgan fingerprint density at radius 2 is 1.61 bits per heavy atom. The molecule has 3 aromatic carbocycles. The minimum Gasteiger partial charge on any atom is -0.507 e. The Morgan fingerprint density at radius 1 is 0.976 bits per heavy atom. The molecule has 1 aliphatic heterocycles. The molecule has 4 rings (SSSR count). The lowest BCUT2D eigenvalue weighted by atomic mass is 9.99. The molecule has 1 fully saturated rings. The molecule has 0 spiro atoms. The summed E-state index contributed by atoms with van der Waals surface area (Å²) < 4.78 is 20.8. The molecule has 2 atom stereocenters. The molecule has 9 nitrogen and oxygen atoms in total. The fourth-order valence-corrected chi connectivity index (χ4v) is 4.87. The molecule has 10 heteroatoms. The largest absolute Gasteiger partial charge is 0.507 e. The third-order valence-electron chi connectivity index (χ3n) is 7.17. The zero-order chi connectivity index (χ0) is 29.8. The summed E-state index contributed by atoms with van der Waals surface area (Å²) in [6, 6.07) is 10.9. The van der Waals surface area contributed by atoms with Crippen LogP contribution in [-0.2, 0) is 4.74 Å². The molecule has 0 bridgehead atoms. The van der Waals surface area contributed by atoms with E-state index < -0.39 is 41.0 Å². The molecule has 0 unspecified atom stereocenters. The number of phenolic OH excluding ortho intramolecular Hbond substituents is 2. The van der Waals surface area contributed by atoms with Gasteiger partial charge in [0.25, 0.3) is 5.91 Å². The Morgan fingerprint density at radius 3 is 2.24 bits per heavy atom. The molecule has 0 radical (unpaired) electrons. The van der Waals surface area contributed by atoms with Crippen LogP contribution in [0, 0.1) is 19.7 Å². The lowest BCUT2D eigenvalue weighted by Crippen LogP contribution is -2.49. The van der Waals surface area contributed by atoms with Crippen LogP contribution >= 0.6 is 0 Å². The molecule has 1 amide bonds. The van der Waals surface area contributed by atoms with Crippen molar-refractivity contribution in [3.05, 3.63) is 87.7 Å². The number of ketones is 1. The van der Waals surface area contributed by atoms with Crippen molar-refractivity contribution in [1.82, 2.24) is 10.6 Å². The van der Waals surface area contributed by atoms with Gasteiger partial charge < -0.3 is 30.5 Å². The second-order valence-electron chi connectivity index (χ2n) is 10.4. The summed E-state index contributed by atoms with van der Waals surface area (Å²) in [6.45, 7) is 4.53. The predicted octanol–water partition coefficient (Wildman–Crippen LogP) is 3.86. The Labute approximate surface area is 237 Å². The molecule has 4 N–H and O–H groups in total. The highest BCUT2D eigenvalue weighted by atomic mass is 19.1. The number of rotatable bonds is 7. The fraction of sp³-hybridized carbons (Fsp3) is 0.323. The van der Waals surface area contributed by atoms with E-state index in [1.807, 2.05) is 0 Å². The number of nitrogens with zero attached hydrogens (tertiary/aromatic N) is 1. The number of carbonyl (C=O) groups excluding carboxylic acids is 3. The summed E-state index contributed by atoms with van der Waals surface area (Å²) in [4.78, 5) is 40.6. The van der Waals surface area contributed by atoms with E-state index in [1.165, 1.54) is 41.3 Å². The van der Waals surface area contributed by atoms with Gasteiger partial charge in [0.1, 0.15) is 23.2 Å². The van der Waals surface area contributed by atoms with Gasteiger partial charge in [-0.15, -0.1) is 0 Å². The molecular weight excluding hydrogens is 529 g/mol. The molecule has 0 aliphatic carbocycles. The molecule has 41 heavy (non-hydrogen) atoms. The molecular formula is C31H34FN3O6. The van der Waals surface area contributed by atoms with Crippen LogP contribution in [0.5, 0.6) is 11.5 Å². The standard InChI is InChI=1S/C31H34FN3O6/c1-17-14-21(15-18(2)28(17)37)30(39)34-22-16-33-13-5-6-25(22)41-31(40)20-9-7-19(8-10-20)29(38)26-24(36)12-11-23(27(26)32)35(3)4/h7-12,14-15,22,25,33,36-37H,5-6,13,16H2,1-4H3,(H,34,39)/t22-,25-/m1/s1. The van der Waals surface area contributed by atoms with E-state index in [4.69, 9.17) is 4.74 Å². The number of hydrogen-bond acceptors (Lipinski definition) is 8. The Bertz CT molecular complexity index is 1450. The average molecular weight is 564 g/mol. The van der Waals surface area contributed by atoms with Crippen molar-refractivity contribution in [1.29, 1.82) is 0 Å². The number of halogens is 1. The van der Waals surface area contributed by atoms with Gasteiger partial charge in [0.2, 0.25) is 0 Å². The van der Waals surface area contributed by atoms with Gasteiger partial charge in [0.15, 0.2) is 11.6 Å². The first-order valence-electron chi connectivity index (χ1n) is 13.3. The molecule has 3 aromatic rings.